The van der Waals surface area contributed by atoms with E-state index in [2.05, 4.69) is 16.9 Å². The molecule has 0 aliphatic carbocycles. The van der Waals surface area contributed by atoms with Crippen molar-refractivity contribution in [1.29, 1.82) is 0 Å². The maximum atomic E-state index is 12.5. The fourth-order valence-electron chi connectivity index (χ4n) is 2.61. The van der Waals surface area contributed by atoms with E-state index in [1.807, 2.05) is 11.9 Å². The number of amides is 2. The molecule has 0 unspecified atom stereocenters. The van der Waals surface area contributed by atoms with Gasteiger partial charge in [0.1, 0.15) is 11.5 Å². The number of ether oxygens (including phenoxy) is 1. The molecule has 1 aliphatic rings. The Kier molecular flexibility index (Phi) is 6.97. The highest BCUT2D eigenvalue weighted by atomic mass is 16.6. The minimum atomic E-state index is -0.325. The molecule has 0 saturated carbocycles. The number of hydrogen-bond acceptors (Lipinski definition) is 6. The van der Waals surface area contributed by atoms with E-state index in [-0.39, 0.29) is 12.0 Å². The summed E-state index contributed by atoms with van der Waals surface area (Å²) in [5.74, 6) is 0.607. The molecular formula is C17H27N5O3. The van der Waals surface area contributed by atoms with Gasteiger partial charge < -0.3 is 19.4 Å². The van der Waals surface area contributed by atoms with Gasteiger partial charge in [-0.15, -0.1) is 0 Å². The van der Waals surface area contributed by atoms with Crippen molar-refractivity contribution in [3.05, 3.63) is 18.1 Å². The number of carbonyl (C=O) groups excluding carboxylic acids is 2. The first-order chi connectivity index (χ1) is 12.1. The summed E-state index contributed by atoms with van der Waals surface area (Å²) >= 11 is 0. The van der Waals surface area contributed by atoms with E-state index < -0.39 is 0 Å². The molecule has 2 heterocycles. The minimum Gasteiger partial charge on any atom is -0.450 e. The Morgan fingerprint density at radius 2 is 1.80 bits per heavy atom. The monoisotopic (exact) mass is 349 g/mol. The Balaban J connectivity index is 1.90. The van der Waals surface area contributed by atoms with Gasteiger partial charge in [-0.25, -0.2) is 14.8 Å². The summed E-state index contributed by atoms with van der Waals surface area (Å²) in [6.45, 7) is 7.06. The van der Waals surface area contributed by atoms with Gasteiger partial charge in [-0.2, -0.15) is 0 Å². The summed E-state index contributed by atoms with van der Waals surface area (Å²) in [6.07, 6.45) is 5.04. The number of aromatic nitrogens is 2. The number of nitrogens with zero attached hydrogens (tertiary/aromatic N) is 5. The van der Waals surface area contributed by atoms with Crippen LogP contribution in [0.5, 0.6) is 0 Å². The van der Waals surface area contributed by atoms with E-state index in [9.17, 15) is 9.59 Å². The Morgan fingerprint density at radius 3 is 2.36 bits per heavy atom. The van der Waals surface area contributed by atoms with Gasteiger partial charge in [0, 0.05) is 39.8 Å². The average Bonchev–Trinajstić information content (AvgIpc) is 2.66. The first kappa shape index (κ1) is 19.0. The first-order valence-corrected chi connectivity index (χ1v) is 8.81. The number of piperazine rings is 1. The van der Waals surface area contributed by atoms with E-state index in [1.54, 1.807) is 22.9 Å². The lowest BCUT2D eigenvalue weighted by atomic mass is 10.3. The average molecular weight is 349 g/mol. The predicted molar refractivity (Wildman–Crippen MR) is 94.7 cm³/mol. The smallest absolute Gasteiger partial charge is 0.409 e. The van der Waals surface area contributed by atoms with Crippen molar-refractivity contribution >= 4 is 17.8 Å². The molecule has 8 heteroatoms. The standard InChI is InChI=1S/C17H27N5O3/c1-4-6-7-20(3)15-13-18-14(12-19-15)16(23)21-8-10-22(11-9-21)17(24)25-5-2/h12-13H,4-11H2,1-3H3. The third-order valence-electron chi connectivity index (χ3n) is 4.19. The fraction of sp³-hybridized carbons (Fsp3) is 0.647. The summed E-state index contributed by atoms with van der Waals surface area (Å²) < 4.78 is 4.98. The molecule has 138 valence electrons. The third-order valence-corrected chi connectivity index (χ3v) is 4.19. The van der Waals surface area contributed by atoms with E-state index >= 15 is 0 Å². The number of hydrogen-bond donors (Lipinski definition) is 0. The quantitative estimate of drug-likeness (QED) is 0.777. The van der Waals surface area contributed by atoms with Gasteiger partial charge in [0.05, 0.1) is 19.0 Å². The van der Waals surface area contributed by atoms with Gasteiger partial charge >= 0.3 is 6.09 Å². The Bertz CT molecular complexity index is 570. The third kappa shape index (κ3) is 5.04. The number of anilines is 1. The van der Waals surface area contributed by atoms with Gasteiger partial charge in [-0.05, 0) is 13.3 Å². The summed E-state index contributed by atoms with van der Waals surface area (Å²) in [5.41, 5.74) is 0.331. The van der Waals surface area contributed by atoms with Crippen molar-refractivity contribution in [1.82, 2.24) is 19.8 Å². The molecule has 0 aromatic carbocycles. The highest BCUT2D eigenvalue weighted by Gasteiger charge is 2.26. The SMILES string of the molecule is CCCCN(C)c1cnc(C(=O)N2CCN(C(=O)OCC)CC2)cn1. The zero-order valence-electron chi connectivity index (χ0n) is 15.3. The highest BCUT2D eigenvalue weighted by molar-refractivity contribution is 5.92. The molecule has 1 fully saturated rings. The second-order valence-corrected chi connectivity index (χ2v) is 6.01. The van der Waals surface area contributed by atoms with Crippen molar-refractivity contribution in [2.24, 2.45) is 0 Å². The topological polar surface area (TPSA) is 78.9 Å². The van der Waals surface area contributed by atoms with Crippen molar-refractivity contribution < 1.29 is 14.3 Å². The molecule has 2 amide bonds. The van der Waals surface area contributed by atoms with Crippen molar-refractivity contribution in [2.45, 2.75) is 26.7 Å². The van der Waals surface area contributed by atoms with Crippen LogP contribution in [0.2, 0.25) is 0 Å². The van der Waals surface area contributed by atoms with Crippen LogP contribution in [0.15, 0.2) is 12.4 Å². The molecule has 1 aliphatic heterocycles. The van der Waals surface area contributed by atoms with E-state index in [0.29, 0.717) is 38.5 Å². The van der Waals surface area contributed by atoms with Gasteiger partial charge in [0.15, 0.2) is 0 Å². The molecule has 25 heavy (non-hydrogen) atoms. The lowest BCUT2D eigenvalue weighted by Crippen LogP contribution is -2.50. The van der Waals surface area contributed by atoms with Crippen LogP contribution >= 0.6 is 0 Å². The van der Waals surface area contributed by atoms with Crippen LogP contribution in [0.4, 0.5) is 10.6 Å². The highest BCUT2D eigenvalue weighted by Crippen LogP contribution is 2.11. The predicted octanol–water partition coefficient (Wildman–Crippen LogP) is 1.63. The molecular weight excluding hydrogens is 322 g/mol. The van der Waals surface area contributed by atoms with Crippen LogP contribution in [-0.4, -0.2) is 78.1 Å². The zero-order valence-corrected chi connectivity index (χ0v) is 15.3. The van der Waals surface area contributed by atoms with Crippen LogP contribution in [0.3, 0.4) is 0 Å². The van der Waals surface area contributed by atoms with Crippen molar-refractivity contribution in [2.75, 3.05) is 51.3 Å². The number of unbranched alkanes of at least 4 members (excludes halogenated alkanes) is 1. The van der Waals surface area contributed by atoms with Crippen LogP contribution < -0.4 is 4.90 Å². The van der Waals surface area contributed by atoms with Crippen molar-refractivity contribution in [3.8, 4) is 0 Å². The van der Waals surface area contributed by atoms with Crippen LogP contribution in [0, 0.1) is 0 Å². The maximum Gasteiger partial charge on any atom is 0.409 e. The Labute approximate surface area is 148 Å². The first-order valence-electron chi connectivity index (χ1n) is 8.81. The summed E-state index contributed by atoms with van der Waals surface area (Å²) in [6, 6.07) is 0. The summed E-state index contributed by atoms with van der Waals surface area (Å²) in [5, 5.41) is 0. The maximum absolute atomic E-state index is 12.5. The second-order valence-electron chi connectivity index (χ2n) is 6.01. The fourth-order valence-corrected chi connectivity index (χ4v) is 2.61. The van der Waals surface area contributed by atoms with Crippen LogP contribution in [0.25, 0.3) is 0 Å². The lowest BCUT2D eigenvalue weighted by Gasteiger charge is -2.33. The molecule has 1 aromatic rings. The molecule has 2 rings (SSSR count). The number of rotatable bonds is 6. The molecule has 1 aromatic heterocycles. The van der Waals surface area contributed by atoms with Crippen molar-refractivity contribution in [3.63, 3.8) is 0 Å². The Morgan fingerprint density at radius 1 is 1.12 bits per heavy atom. The normalized spacial score (nSPS) is 14.4. The summed E-state index contributed by atoms with van der Waals surface area (Å²) in [4.78, 5) is 38.2. The van der Waals surface area contributed by atoms with E-state index in [0.717, 1.165) is 25.2 Å². The van der Waals surface area contributed by atoms with E-state index in [1.165, 1.54) is 6.20 Å². The zero-order chi connectivity index (χ0) is 18.2. The number of carbonyl (C=O) groups is 2. The molecule has 8 nitrogen and oxygen atoms in total. The van der Waals surface area contributed by atoms with Gasteiger partial charge in [-0.1, -0.05) is 13.3 Å². The molecule has 0 radical (unpaired) electrons. The largest absolute Gasteiger partial charge is 0.450 e. The second kappa shape index (κ2) is 9.19. The van der Waals surface area contributed by atoms with Crippen LogP contribution in [0.1, 0.15) is 37.2 Å². The van der Waals surface area contributed by atoms with Crippen LogP contribution in [-0.2, 0) is 4.74 Å². The van der Waals surface area contributed by atoms with Gasteiger partial charge in [-0.3, -0.25) is 4.79 Å². The molecule has 1 saturated heterocycles. The molecule has 0 N–H and O–H groups in total. The van der Waals surface area contributed by atoms with Gasteiger partial charge in [0.25, 0.3) is 5.91 Å². The summed E-state index contributed by atoms with van der Waals surface area (Å²) in [7, 11) is 1.97. The van der Waals surface area contributed by atoms with Gasteiger partial charge in [0.2, 0.25) is 0 Å². The van der Waals surface area contributed by atoms with E-state index in [4.69, 9.17) is 4.74 Å². The lowest BCUT2D eigenvalue weighted by molar-refractivity contribution is 0.0565. The minimum absolute atomic E-state index is 0.154. The Hall–Kier alpha value is -2.38. The molecule has 0 spiro atoms. The molecule has 0 atom stereocenters. The molecule has 0 bridgehead atoms.